The van der Waals surface area contributed by atoms with Crippen LogP contribution in [-0.2, 0) is 13.0 Å². The summed E-state index contributed by atoms with van der Waals surface area (Å²) in [4.78, 5) is 12.0. The summed E-state index contributed by atoms with van der Waals surface area (Å²) in [6, 6.07) is 7.44. The molecule has 0 aliphatic heterocycles. The van der Waals surface area contributed by atoms with Crippen molar-refractivity contribution < 1.29 is 0 Å². The number of nitrogens with two attached hydrogens (primary N) is 1. The Morgan fingerprint density at radius 3 is 2.79 bits per heavy atom. The van der Waals surface area contributed by atoms with Gasteiger partial charge in [-0.3, -0.25) is 9.89 Å². The fourth-order valence-electron chi connectivity index (χ4n) is 2.04. The number of anilines is 1. The van der Waals surface area contributed by atoms with Crippen molar-refractivity contribution in [1.29, 1.82) is 0 Å². The summed E-state index contributed by atoms with van der Waals surface area (Å²) in [5.41, 5.74) is 7.76. The third-order valence-corrected chi connectivity index (χ3v) is 3.15. The van der Waals surface area contributed by atoms with Crippen LogP contribution in [0, 0.1) is 5.92 Å². The lowest BCUT2D eigenvalue weighted by Crippen LogP contribution is -2.19. The average Bonchev–Trinajstić information content (AvgIpc) is 2.57. The van der Waals surface area contributed by atoms with Gasteiger partial charge in [0.05, 0.1) is 12.2 Å². The van der Waals surface area contributed by atoms with Gasteiger partial charge in [-0.25, -0.2) is 4.68 Å². The van der Waals surface area contributed by atoms with Gasteiger partial charge < -0.3 is 5.73 Å². The maximum absolute atomic E-state index is 12.0. The molecule has 4 nitrogen and oxygen atoms in total. The number of benzene rings is 1. The topological polar surface area (TPSA) is 63.8 Å². The Morgan fingerprint density at radius 2 is 2.16 bits per heavy atom. The molecule has 0 amide bonds. The number of aromatic amines is 1. The normalized spacial score (nSPS) is 11.2. The quantitative estimate of drug-likeness (QED) is 0.904. The number of halogens is 1. The number of nitrogens with zero attached hydrogens (tertiary/aromatic N) is 1. The molecule has 0 spiro atoms. The first-order chi connectivity index (χ1) is 8.97. The number of aromatic nitrogens is 2. The molecular weight excluding hydrogens is 262 g/mol. The van der Waals surface area contributed by atoms with E-state index in [-0.39, 0.29) is 5.56 Å². The largest absolute Gasteiger partial charge is 0.393 e. The first-order valence-corrected chi connectivity index (χ1v) is 6.66. The molecule has 5 heteroatoms. The highest BCUT2D eigenvalue weighted by atomic mass is 35.5. The Bertz CT molecular complexity index is 628. The molecule has 1 aromatic heterocycles. The number of nitrogens with one attached hydrogen (secondary N) is 1. The molecule has 0 aliphatic carbocycles. The van der Waals surface area contributed by atoms with E-state index in [2.05, 4.69) is 18.9 Å². The van der Waals surface area contributed by atoms with Crippen LogP contribution in [0.4, 0.5) is 5.69 Å². The number of hydrogen-bond donors (Lipinski definition) is 2. The summed E-state index contributed by atoms with van der Waals surface area (Å²) in [6.45, 7) is 4.62. The van der Waals surface area contributed by atoms with E-state index in [1.165, 1.54) is 4.68 Å². The van der Waals surface area contributed by atoms with Crippen LogP contribution in [-0.4, -0.2) is 9.78 Å². The minimum Gasteiger partial charge on any atom is -0.393 e. The smallest absolute Gasteiger partial charge is 0.290 e. The molecule has 0 aliphatic rings. The predicted molar refractivity (Wildman–Crippen MR) is 78.6 cm³/mol. The van der Waals surface area contributed by atoms with Crippen molar-refractivity contribution in [2.75, 3.05) is 5.73 Å². The fraction of sp³-hybridized carbons (Fsp3) is 0.357. The second kappa shape index (κ2) is 5.53. The third kappa shape index (κ3) is 3.20. The van der Waals surface area contributed by atoms with Gasteiger partial charge in [0.25, 0.3) is 5.56 Å². The molecule has 0 unspecified atom stereocenters. The Balaban J connectivity index is 2.28. The van der Waals surface area contributed by atoms with Gasteiger partial charge in [0.1, 0.15) is 5.69 Å². The molecular formula is C14H18ClN3O. The maximum atomic E-state index is 12.0. The lowest BCUT2D eigenvalue weighted by Gasteiger charge is -2.04. The Hall–Kier alpha value is -1.68. The first kappa shape index (κ1) is 13.7. The lowest BCUT2D eigenvalue weighted by molar-refractivity contribution is 0.603. The van der Waals surface area contributed by atoms with E-state index in [4.69, 9.17) is 17.3 Å². The Morgan fingerprint density at radius 1 is 1.42 bits per heavy atom. The summed E-state index contributed by atoms with van der Waals surface area (Å²) < 4.78 is 1.53. The van der Waals surface area contributed by atoms with Crippen molar-refractivity contribution >= 4 is 17.3 Å². The molecule has 102 valence electrons. The standard InChI is InChI=1S/C14H18ClN3O/c1-9(2)6-12-13(16)14(19)18(17-12)8-10-4-3-5-11(15)7-10/h3-5,7,9,17H,6,8,16H2,1-2H3. The van der Waals surface area contributed by atoms with Crippen LogP contribution in [0.1, 0.15) is 25.1 Å². The molecule has 0 fully saturated rings. The van der Waals surface area contributed by atoms with E-state index >= 15 is 0 Å². The summed E-state index contributed by atoms with van der Waals surface area (Å²) in [7, 11) is 0. The zero-order valence-corrected chi connectivity index (χ0v) is 11.9. The van der Waals surface area contributed by atoms with Crippen molar-refractivity contribution in [3.05, 3.63) is 50.9 Å². The van der Waals surface area contributed by atoms with E-state index in [1.807, 2.05) is 18.2 Å². The second-order valence-electron chi connectivity index (χ2n) is 5.12. The number of nitrogen functional groups attached to an aromatic ring is 1. The van der Waals surface area contributed by atoms with Gasteiger partial charge in [-0.05, 0) is 30.0 Å². The van der Waals surface area contributed by atoms with Crippen molar-refractivity contribution in [3.8, 4) is 0 Å². The second-order valence-corrected chi connectivity index (χ2v) is 5.56. The van der Waals surface area contributed by atoms with Gasteiger partial charge >= 0.3 is 0 Å². The minimum atomic E-state index is -0.171. The minimum absolute atomic E-state index is 0.171. The van der Waals surface area contributed by atoms with Crippen molar-refractivity contribution in [2.24, 2.45) is 5.92 Å². The highest BCUT2D eigenvalue weighted by molar-refractivity contribution is 6.30. The molecule has 2 rings (SSSR count). The molecule has 19 heavy (non-hydrogen) atoms. The molecule has 1 heterocycles. The number of rotatable bonds is 4. The van der Waals surface area contributed by atoms with Crippen molar-refractivity contribution in [2.45, 2.75) is 26.8 Å². The lowest BCUT2D eigenvalue weighted by atomic mass is 10.1. The van der Waals surface area contributed by atoms with Gasteiger partial charge in [0.15, 0.2) is 0 Å². The predicted octanol–water partition coefficient (Wildman–Crippen LogP) is 2.66. The van der Waals surface area contributed by atoms with Crippen molar-refractivity contribution in [1.82, 2.24) is 9.78 Å². The van der Waals surface area contributed by atoms with Crippen LogP contribution in [0.3, 0.4) is 0 Å². The van der Waals surface area contributed by atoms with Gasteiger partial charge in [-0.1, -0.05) is 37.6 Å². The van der Waals surface area contributed by atoms with E-state index < -0.39 is 0 Å². The van der Waals surface area contributed by atoms with Crippen LogP contribution < -0.4 is 11.3 Å². The molecule has 1 aromatic carbocycles. The van der Waals surface area contributed by atoms with Crippen LogP contribution in [0.5, 0.6) is 0 Å². The molecule has 0 saturated heterocycles. The van der Waals surface area contributed by atoms with Gasteiger partial charge in [0.2, 0.25) is 0 Å². The van der Waals surface area contributed by atoms with E-state index in [0.717, 1.165) is 17.7 Å². The van der Waals surface area contributed by atoms with Crippen LogP contribution in [0.15, 0.2) is 29.1 Å². The summed E-state index contributed by atoms with van der Waals surface area (Å²) in [6.07, 6.45) is 0.767. The Labute approximate surface area is 117 Å². The third-order valence-electron chi connectivity index (χ3n) is 2.91. The SMILES string of the molecule is CC(C)Cc1[nH]n(Cc2cccc(Cl)c2)c(=O)c1N. The zero-order valence-electron chi connectivity index (χ0n) is 11.1. The van der Waals surface area contributed by atoms with E-state index in [9.17, 15) is 4.79 Å². The van der Waals surface area contributed by atoms with Crippen LogP contribution in [0.25, 0.3) is 0 Å². The molecule has 3 N–H and O–H groups in total. The highest BCUT2D eigenvalue weighted by Crippen LogP contribution is 2.13. The summed E-state index contributed by atoms with van der Waals surface area (Å²) >= 11 is 5.93. The zero-order chi connectivity index (χ0) is 14.0. The fourth-order valence-corrected chi connectivity index (χ4v) is 2.25. The maximum Gasteiger partial charge on any atom is 0.290 e. The first-order valence-electron chi connectivity index (χ1n) is 6.29. The average molecular weight is 280 g/mol. The highest BCUT2D eigenvalue weighted by Gasteiger charge is 2.12. The van der Waals surface area contributed by atoms with E-state index in [0.29, 0.717) is 23.2 Å². The van der Waals surface area contributed by atoms with Gasteiger partial charge in [-0.2, -0.15) is 0 Å². The summed E-state index contributed by atoms with van der Waals surface area (Å²) in [5.74, 6) is 0.444. The van der Waals surface area contributed by atoms with Gasteiger partial charge in [0, 0.05) is 5.02 Å². The molecule has 2 aromatic rings. The van der Waals surface area contributed by atoms with Gasteiger partial charge in [-0.15, -0.1) is 0 Å². The van der Waals surface area contributed by atoms with Crippen LogP contribution in [0.2, 0.25) is 5.02 Å². The number of hydrogen-bond acceptors (Lipinski definition) is 2. The van der Waals surface area contributed by atoms with E-state index in [1.54, 1.807) is 6.07 Å². The molecule has 0 bridgehead atoms. The summed E-state index contributed by atoms with van der Waals surface area (Å²) in [5, 5.41) is 3.74. The van der Waals surface area contributed by atoms with Crippen molar-refractivity contribution in [3.63, 3.8) is 0 Å². The number of H-pyrrole nitrogens is 1. The molecule has 0 atom stereocenters. The monoisotopic (exact) mass is 279 g/mol. The molecule has 0 radical (unpaired) electrons. The molecule has 0 saturated carbocycles. The van der Waals surface area contributed by atoms with Crippen LogP contribution >= 0.6 is 11.6 Å². The Kier molecular flexibility index (Phi) is 4.00.